The lowest BCUT2D eigenvalue weighted by molar-refractivity contribution is -0.123. The molecule has 0 saturated carbocycles. The summed E-state index contributed by atoms with van der Waals surface area (Å²) in [6.45, 7) is 3.93. The summed E-state index contributed by atoms with van der Waals surface area (Å²) in [7, 11) is 0. The summed E-state index contributed by atoms with van der Waals surface area (Å²) in [6.07, 6.45) is 0.585. The molecule has 2 rings (SSSR count). The number of nitrogens with two attached hydrogens (primary N) is 1. The first kappa shape index (κ1) is 13.1. The van der Waals surface area contributed by atoms with Crippen molar-refractivity contribution < 1.29 is 4.79 Å². The highest BCUT2D eigenvalue weighted by Crippen LogP contribution is 2.08. The van der Waals surface area contributed by atoms with Gasteiger partial charge in [0.2, 0.25) is 5.91 Å². The van der Waals surface area contributed by atoms with Gasteiger partial charge in [0.1, 0.15) is 0 Å². The maximum Gasteiger partial charge on any atom is 0.237 e. The van der Waals surface area contributed by atoms with Crippen LogP contribution >= 0.6 is 0 Å². The summed E-state index contributed by atoms with van der Waals surface area (Å²) in [5, 5.41) is 6.28. The molecule has 1 saturated heterocycles. The van der Waals surface area contributed by atoms with Crippen LogP contribution in [0.25, 0.3) is 0 Å². The lowest BCUT2D eigenvalue weighted by atomic mass is 10.0. The zero-order valence-corrected chi connectivity index (χ0v) is 10.7. The lowest BCUT2D eigenvalue weighted by Crippen LogP contribution is -2.48. The van der Waals surface area contributed by atoms with Gasteiger partial charge in [-0.3, -0.25) is 4.79 Å². The first-order chi connectivity index (χ1) is 8.66. The number of benzene rings is 1. The maximum atomic E-state index is 12.0. The van der Waals surface area contributed by atoms with Crippen LogP contribution in [0.3, 0.4) is 0 Å². The van der Waals surface area contributed by atoms with Gasteiger partial charge >= 0.3 is 0 Å². The van der Waals surface area contributed by atoms with Crippen LogP contribution in [0.1, 0.15) is 12.5 Å². The van der Waals surface area contributed by atoms with Gasteiger partial charge in [-0.15, -0.1) is 0 Å². The minimum atomic E-state index is -0.472. The average molecular weight is 247 g/mol. The van der Waals surface area contributed by atoms with Gasteiger partial charge in [0, 0.05) is 12.6 Å². The monoisotopic (exact) mass is 247 g/mol. The predicted octanol–water partition coefficient (Wildman–Crippen LogP) is 0.281. The van der Waals surface area contributed by atoms with Gasteiger partial charge in [-0.25, -0.2) is 0 Å². The Bertz CT molecular complexity index is 393. The Hall–Kier alpha value is -1.39. The molecule has 4 nitrogen and oxygen atoms in total. The molecule has 1 aliphatic heterocycles. The molecule has 1 aromatic rings. The van der Waals surface area contributed by atoms with Crippen molar-refractivity contribution in [3.05, 3.63) is 35.9 Å². The molecule has 3 atom stereocenters. The van der Waals surface area contributed by atoms with Crippen LogP contribution < -0.4 is 16.4 Å². The highest BCUT2D eigenvalue weighted by atomic mass is 16.2. The zero-order chi connectivity index (χ0) is 13.0. The van der Waals surface area contributed by atoms with Crippen LogP contribution in [0.5, 0.6) is 0 Å². The Kier molecular flexibility index (Phi) is 4.33. The van der Waals surface area contributed by atoms with Crippen LogP contribution in [0.15, 0.2) is 30.3 Å². The fourth-order valence-corrected chi connectivity index (χ4v) is 2.25. The first-order valence-corrected chi connectivity index (χ1v) is 6.47. The average Bonchev–Trinajstić information content (AvgIpc) is 2.76. The summed E-state index contributed by atoms with van der Waals surface area (Å²) < 4.78 is 0. The minimum Gasteiger partial charge on any atom is -0.350 e. The van der Waals surface area contributed by atoms with E-state index < -0.39 is 6.04 Å². The van der Waals surface area contributed by atoms with E-state index in [1.54, 1.807) is 0 Å². The fraction of sp³-hybridized carbons (Fsp3) is 0.500. The molecule has 98 valence electrons. The van der Waals surface area contributed by atoms with Crippen molar-refractivity contribution in [2.45, 2.75) is 25.4 Å². The highest BCUT2D eigenvalue weighted by Gasteiger charge is 2.26. The van der Waals surface area contributed by atoms with E-state index in [9.17, 15) is 4.79 Å². The van der Waals surface area contributed by atoms with E-state index in [4.69, 9.17) is 5.73 Å². The summed E-state index contributed by atoms with van der Waals surface area (Å²) in [4.78, 5) is 12.0. The lowest BCUT2D eigenvalue weighted by Gasteiger charge is -2.19. The zero-order valence-electron chi connectivity index (χ0n) is 10.7. The number of hydrogen-bond donors (Lipinski definition) is 3. The van der Waals surface area contributed by atoms with E-state index in [1.807, 2.05) is 30.3 Å². The quantitative estimate of drug-likeness (QED) is 0.716. The second kappa shape index (κ2) is 5.98. The number of rotatable bonds is 4. The SMILES string of the molecule is CC1CNCC1NC(=O)C(N)Cc1ccccc1. The molecular weight excluding hydrogens is 226 g/mol. The van der Waals surface area contributed by atoms with Crippen molar-refractivity contribution in [3.63, 3.8) is 0 Å². The van der Waals surface area contributed by atoms with Crippen LogP contribution in [0.4, 0.5) is 0 Å². The molecule has 0 aliphatic carbocycles. The van der Waals surface area contributed by atoms with Gasteiger partial charge in [0.25, 0.3) is 0 Å². The second-order valence-electron chi connectivity index (χ2n) is 5.05. The molecule has 1 aliphatic rings. The van der Waals surface area contributed by atoms with Gasteiger partial charge in [-0.2, -0.15) is 0 Å². The largest absolute Gasteiger partial charge is 0.350 e. The van der Waals surface area contributed by atoms with Crippen molar-refractivity contribution in [3.8, 4) is 0 Å². The van der Waals surface area contributed by atoms with Crippen molar-refractivity contribution in [1.29, 1.82) is 0 Å². The topological polar surface area (TPSA) is 67.1 Å². The third-order valence-electron chi connectivity index (χ3n) is 3.48. The molecule has 1 fully saturated rings. The van der Waals surface area contributed by atoms with Crippen LogP contribution in [-0.4, -0.2) is 31.1 Å². The Morgan fingerprint density at radius 2 is 2.17 bits per heavy atom. The summed E-state index contributed by atoms with van der Waals surface area (Å²) in [5.41, 5.74) is 7.04. The van der Waals surface area contributed by atoms with Crippen LogP contribution in [0.2, 0.25) is 0 Å². The molecule has 1 amide bonds. The molecule has 0 spiro atoms. The summed E-state index contributed by atoms with van der Waals surface area (Å²) in [5.74, 6) is 0.414. The number of carbonyl (C=O) groups is 1. The number of amides is 1. The maximum absolute atomic E-state index is 12.0. The van der Waals surface area contributed by atoms with Gasteiger partial charge in [-0.1, -0.05) is 37.3 Å². The van der Waals surface area contributed by atoms with E-state index in [0.29, 0.717) is 12.3 Å². The third kappa shape index (κ3) is 3.31. The number of carbonyl (C=O) groups excluding carboxylic acids is 1. The molecule has 4 N–H and O–H groups in total. The Morgan fingerprint density at radius 3 is 2.78 bits per heavy atom. The molecular formula is C14H21N3O. The molecule has 18 heavy (non-hydrogen) atoms. The van der Waals surface area contributed by atoms with Gasteiger partial charge in [-0.05, 0) is 24.4 Å². The Labute approximate surface area is 108 Å². The van der Waals surface area contributed by atoms with E-state index in [-0.39, 0.29) is 11.9 Å². The van der Waals surface area contributed by atoms with Gasteiger partial charge in [0.15, 0.2) is 0 Å². The van der Waals surface area contributed by atoms with E-state index in [0.717, 1.165) is 18.7 Å². The van der Waals surface area contributed by atoms with Crippen molar-refractivity contribution in [2.24, 2.45) is 11.7 Å². The minimum absolute atomic E-state index is 0.0561. The molecule has 0 radical (unpaired) electrons. The Morgan fingerprint density at radius 1 is 1.44 bits per heavy atom. The highest BCUT2D eigenvalue weighted by molar-refractivity contribution is 5.82. The molecule has 0 aromatic heterocycles. The molecule has 1 aromatic carbocycles. The van der Waals surface area contributed by atoms with Crippen LogP contribution in [-0.2, 0) is 11.2 Å². The van der Waals surface area contributed by atoms with Gasteiger partial charge in [0.05, 0.1) is 6.04 Å². The Balaban J connectivity index is 1.85. The number of nitrogens with one attached hydrogen (secondary N) is 2. The molecule has 0 bridgehead atoms. The van der Waals surface area contributed by atoms with Gasteiger partial charge < -0.3 is 16.4 Å². The number of hydrogen-bond acceptors (Lipinski definition) is 3. The summed E-state index contributed by atoms with van der Waals surface area (Å²) >= 11 is 0. The van der Waals surface area contributed by atoms with Crippen molar-refractivity contribution in [1.82, 2.24) is 10.6 Å². The van der Waals surface area contributed by atoms with Crippen molar-refractivity contribution in [2.75, 3.05) is 13.1 Å². The predicted molar refractivity (Wildman–Crippen MR) is 72.1 cm³/mol. The van der Waals surface area contributed by atoms with E-state index in [2.05, 4.69) is 17.6 Å². The standard InChI is InChI=1S/C14H21N3O/c1-10-8-16-9-13(10)17-14(18)12(15)7-11-5-3-2-4-6-11/h2-6,10,12-13,16H,7-9,15H2,1H3,(H,17,18). The summed E-state index contributed by atoms with van der Waals surface area (Å²) in [6, 6.07) is 9.60. The third-order valence-corrected chi connectivity index (χ3v) is 3.48. The first-order valence-electron chi connectivity index (χ1n) is 6.47. The van der Waals surface area contributed by atoms with Crippen molar-refractivity contribution >= 4 is 5.91 Å². The van der Waals surface area contributed by atoms with Crippen LogP contribution in [0, 0.1) is 5.92 Å². The molecule has 1 heterocycles. The molecule has 4 heteroatoms. The smallest absolute Gasteiger partial charge is 0.237 e. The molecule has 3 unspecified atom stereocenters. The fourth-order valence-electron chi connectivity index (χ4n) is 2.25. The second-order valence-corrected chi connectivity index (χ2v) is 5.05. The van der Waals surface area contributed by atoms with E-state index >= 15 is 0 Å². The normalized spacial score (nSPS) is 24.8. The van der Waals surface area contributed by atoms with E-state index in [1.165, 1.54) is 0 Å².